The molecule has 0 atom stereocenters. The molecule has 1 aliphatic carbocycles. The second-order valence-electron chi connectivity index (χ2n) is 7.08. The van der Waals surface area contributed by atoms with Gasteiger partial charge < -0.3 is 9.47 Å². The highest BCUT2D eigenvalue weighted by Crippen LogP contribution is 2.30. The fourth-order valence-corrected chi connectivity index (χ4v) is 3.56. The van der Waals surface area contributed by atoms with E-state index >= 15 is 0 Å². The van der Waals surface area contributed by atoms with Gasteiger partial charge in [-0.25, -0.2) is 4.98 Å². The number of aromatic nitrogens is 2. The summed E-state index contributed by atoms with van der Waals surface area (Å²) in [5.41, 5.74) is 1.42. The van der Waals surface area contributed by atoms with Crippen LogP contribution in [0.3, 0.4) is 0 Å². The monoisotopic (exact) mass is 289 g/mol. The maximum atomic E-state index is 4.70. The van der Waals surface area contributed by atoms with Crippen LogP contribution < -0.4 is 0 Å². The molecule has 3 aliphatic rings. The Balaban J connectivity index is 1.38. The Morgan fingerprint density at radius 3 is 2.57 bits per heavy atom. The van der Waals surface area contributed by atoms with Gasteiger partial charge in [0.25, 0.3) is 0 Å². The van der Waals surface area contributed by atoms with Gasteiger partial charge in [-0.1, -0.05) is 0 Å². The van der Waals surface area contributed by atoms with Crippen molar-refractivity contribution in [3.05, 3.63) is 17.7 Å². The maximum Gasteiger partial charge on any atom is 0.123 e. The molecule has 0 unspecified atom stereocenters. The van der Waals surface area contributed by atoms with E-state index in [9.17, 15) is 0 Å². The molecule has 5 nitrogen and oxygen atoms in total. The van der Waals surface area contributed by atoms with E-state index in [1.165, 1.54) is 63.6 Å². The second kappa shape index (κ2) is 5.71. The average Bonchev–Trinajstić information content (AvgIpc) is 3.22. The molecule has 3 heterocycles. The molecule has 2 aliphatic heterocycles. The molecule has 116 valence electrons. The van der Waals surface area contributed by atoms with Crippen LogP contribution in [0.4, 0.5) is 0 Å². The molecule has 1 aromatic heterocycles. The molecule has 0 N–H and O–H groups in total. The lowest BCUT2D eigenvalue weighted by molar-refractivity contribution is 0.143. The van der Waals surface area contributed by atoms with Crippen LogP contribution in [0.5, 0.6) is 0 Å². The largest absolute Gasteiger partial charge is 0.328 e. The first-order valence-corrected chi connectivity index (χ1v) is 8.44. The molecule has 1 saturated heterocycles. The Morgan fingerprint density at radius 2 is 1.81 bits per heavy atom. The summed E-state index contributed by atoms with van der Waals surface area (Å²) in [5.74, 6) is 2.27. The minimum Gasteiger partial charge on any atom is -0.328 e. The van der Waals surface area contributed by atoms with Crippen LogP contribution in [0.15, 0.2) is 6.20 Å². The lowest BCUT2D eigenvalue weighted by Gasteiger charge is -2.33. The summed E-state index contributed by atoms with van der Waals surface area (Å²) in [5, 5.41) is 0. The lowest BCUT2D eigenvalue weighted by Crippen LogP contribution is -2.44. The molecule has 21 heavy (non-hydrogen) atoms. The number of hydrogen-bond donors (Lipinski definition) is 0. The molecule has 1 saturated carbocycles. The van der Waals surface area contributed by atoms with Gasteiger partial charge in [0.05, 0.1) is 12.2 Å². The van der Waals surface area contributed by atoms with Crippen LogP contribution in [0, 0.1) is 5.92 Å². The summed E-state index contributed by atoms with van der Waals surface area (Å²) in [7, 11) is 2.21. The van der Waals surface area contributed by atoms with Crippen LogP contribution in [0.25, 0.3) is 0 Å². The summed E-state index contributed by atoms with van der Waals surface area (Å²) in [4.78, 5) is 12.3. The van der Waals surface area contributed by atoms with Crippen LogP contribution in [0.1, 0.15) is 24.4 Å². The Hall–Kier alpha value is -0.910. The number of fused-ring (bicyclic) bond motifs is 1. The van der Waals surface area contributed by atoms with E-state index in [-0.39, 0.29) is 0 Å². The molecule has 2 fully saturated rings. The predicted molar refractivity (Wildman–Crippen MR) is 83.0 cm³/mol. The zero-order chi connectivity index (χ0) is 14.2. The van der Waals surface area contributed by atoms with Gasteiger partial charge in [0.15, 0.2) is 0 Å². The number of rotatable bonds is 4. The quantitative estimate of drug-likeness (QED) is 0.821. The molecule has 5 heteroatoms. The van der Waals surface area contributed by atoms with Gasteiger partial charge in [0.2, 0.25) is 0 Å². The third-order valence-corrected chi connectivity index (χ3v) is 5.22. The number of hydrogen-bond acceptors (Lipinski definition) is 4. The summed E-state index contributed by atoms with van der Waals surface area (Å²) in [6.45, 7) is 10.5. The summed E-state index contributed by atoms with van der Waals surface area (Å²) < 4.78 is 2.47. The Bertz CT molecular complexity index is 485. The van der Waals surface area contributed by atoms with Gasteiger partial charge in [0.1, 0.15) is 5.82 Å². The first-order valence-electron chi connectivity index (χ1n) is 8.44. The minimum absolute atomic E-state index is 0.983. The number of likely N-dealkylation sites (N-methyl/N-ethyl adjacent to an activating group) is 1. The third kappa shape index (κ3) is 3.15. The van der Waals surface area contributed by atoms with Gasteiger partial charge in [0, 0.05) is 58.6 Å². The van der Waals surface area contributed by atoms with Crippen molar-refractivity contribution in [1.29, 1.82) is 0 Å². The molecular formula is C16H27N5. The van der Waals surface area contributed by atoms with Crippen molar-refractivity contribution in [3.63, 3.8) is 0 Å². The lowest BCUT2D eigenvalue weighted by atomic mass is 10.3. The van der Waals surface area contributed by atoms with E-state index in [2.05, 4.69) is 32.5 Å². The molecule has 0 bridgehead atoms. The Morgan fingerprint density at radius 1 is 1.05 bits per heavy atom. The highest BCUT2D eigenvalue weighted by atomic mass is 15.3. The minimum atomic E-state index is 0.983. The highest BCUT2D eigenvalue weighted by molar-refractivity contribution is 5.08. The molecular weight excluding hydrogens is 262 g/mol. The van der Waals surface area contributed by atoms with E-state index in [0.717, 1.165) is 25.6 Å². The molecule has 0 aromatic carbocycles. The fourth-order valence-electron chi connectivity index (χ4n) is 3.56. The van der Waals surface area contributed by atoms with Crippen molar-refractivity contribution in [2.24, 2.45) is 5.92 Å². The fraction of sp³-hybridized carbons (Fsp3) is 0.812. The van der Waals surface area contributed by atoms with Gasteiger partial charge in [-0.15, -0.1) is 0 Å². The molecule has 4 rings (SSSR count). The summed E-state index contributed by atoms with van der Waals surface area (Å²) in [6, 6.07) is 0. The van der Waals surface area contributed by atoms with Crippen LogP contribution in [-0.4, -0.2) is 70.6 Å². The number of imidazole rings is 1. The van der Waals surface area contributed by atoms with Crippen LogP contribution in [0.2, 0.25) is 0 Å². The molecule has 1 aromatic rings. The number of piperazine rings is 1. The average molecular weight is 289 g/mol. The molecule has 0 amide bonds. The zero-order valence-electron chi connectivity index (χ0n) is 13.2. The standard InChI is InChI=1S/C16H27N5/c1-18-4-6-19(7-5-18)12-15-10-17-16-13-20(8-9-21(15)16)11-14-2-3-14/h10,14H,2-9,11-13H2,1H3. The van der Waals surface area contributed by atoms with E-state index in [1.807, 2.05) is 0 Å². The van der Waals surface area contributed by atoms with Crippen molar-refractivity contribution < 1.29 is 0 Å². The topological polar surface area (TPSA) is 27.5 Å². The van der Waals surface area contributed by atoms with E-state index in [0.29, 0.717) is 0 Å². The van der Waals surface area contributed by atoms with Gasteiger partial charge in [-0.2, -0.15) is 0 Å². The molecule has 0 radical (unpaired) electrons. The van der Waals surface area contributed by atoms with E-state index < -0.39 is 0 Å². The van der Waals surface area contributed by atoms with Crippen LogP contribution >= 0.6 is 0 Å². The third-order valence-electron chi connectivity index (χ3n) is 5.22. The smallest absolute Gasteiger partial charge is 0.123 e. The predicted octanol–water partition coefficient (Wildman–Crippen LogP) is 0.856. The van der Waals surface area contributed by atoms with Crippen molar-refractivity contribution in [2.75, 3.05) is 46.3 Å². The van der Waals surface area contributed by atoms with Gasteiger partial charge >= 0.3 is 0 Å². The first-order chi connectivity index (χ1) is 10.3. The van der Waals surface area contributed by atoms with Gasteiger partial charge in [-0.05, 0) is 25.8 Å². The van der Waals surface area contributed by atoms with Crippen molar-refractivity contribution in [1.82, 2.24) is 24.3 Å². The van der Waals surface area contributed by atoms with Gasteiger partial charge in [-0.3, -0.25) is 9.80 Å². The normalized spacial score (nSPS) is 25.2. The van der Waals surface area contributed by atoms with Crippen LogP contribution in [-0.2, 0) is 19.6 Å². The first kappa shape index (κ1) is 13.7. The maximum absolute atomic E-state index is 4.70. The number of nitrogens with zero attached hydrogens (tertiary/aromatic N) is 5. The van der Waals surface area contributed by atoms with Crippen molar-refractivity contribution >= 4 is 0 Å². The van der Waals surface area contributed by atoms with Crippen molar-refractivity contribution in [2.45, 2.75) is 32.5 Å². The van der Waals surface area contributed by atoms with E-state index in [4.69, 9.17) is 4.98 Å². The van der Waals surface area contributed by atoms with Crippen molar-refractivity contribution in [3.8, 4) is 0 Å². The van der Waals surface area contributed by atoms with E-state index in [1.54, 1.807) is 0 Å². The SMILES string of the molecule is CN1CCN(Cc2cnc3n2CCN(CC2CC2)C3)CC1. The summed E-state index contributed by atoms with van der Waals surface area (Å²) >= 11 is 0. The Kier molecular flexibility index (Phi) is 3.73. The molecule has 0 spiro atoms. The second-order valence-corrected chi connectivity index (χ2v) is 7.08. The Labute approximate surface area is 127 Å². The summed E-state index contributed by atoms with van der Waals surface area (Å²) in [6.07, 6.45) is 5.01. The zero-order valence-corrected chi connectivity index (χ0v) is 13.2. The highest BCUT2D eigenvalue weighted by Gasteiger charge is 2.27.